The highest BCUT2D eigenvalue weighted by atomic mass is 127. The van der Waals surface area contributed by atoms with Crippen LogP contribution in [0.2, 0.25) is 0 Å². The van der Waals surface area contributed by atoms with Gasteiger partial charge in [-0.15, -0.1) is 0 Å². The fraction of sp³-hybridized carbons (Fsp3) is 0.300. The second-order valence-corrected chi connectivity index (χ2v) is 4.27. The first-order valence-corrected chi connectivity index (χ1v) is 5.49. The van der Waals surface area contributed by atoms with Crippen molar-refractivity contribution >= 4 is 28.7 Å². The van der Waals surface area contributed by atoms with Crippen molar-refractivity contribution in [1.29, 1.82) is 0 Å². The molecule has 0 fully saturated rings. The minimum Gasteiger partial charge on any atom is -0.444 e. The van der Waals surface area contributed by atoms with Crippen LogP contribution in [0.4, 0.5) is 4.79 Å². The van der Waals surface area contributed by atoms with Crippen molar-refractivity contribution in [2.75, 3.05) is 0 Å². The lowest BCUT2D eigenvalue weighted by Crippen LogP contribution is -2.26. The lowest BCUT2D eigenvalue weighted by Gasteiger charge is -2.19. The van der Waals surface area contributed by atoms with Crippen LogP contribution >= 0.6 is 22.6 Å². The molecule has 2 atom stereocenters. The van der Waals surface area contributed by atoms with Gasteiger partial charge in [0.05, 0.1) is 0 Å². The van der Waals surface area contributed by atoms with E-state index < -0.39 is 18.3 Å². The number of hydrogen-bond acceptors (Lipinski definition) is 3. The molecule has 5 heteroatoms. The predicted octanol–water partition coefficient (Wildman–Crippen LogP) is 1.81. The zero-order valence-electron chi connectivity index (χ0n) is 8.18. The van der Waals surface area contributed by atoms with Crippen molar-refractivity contribution < 1.29 is 14.6 Å². The highest BCUT2D eigenvalue weighted by molar-refractivity contribution is 14.1. The molecular weight excluding hydrogens is 309 g/mol. The van der Waals surface area contributed by atoms with E-state index in [1.165, 1.54) is 0 Å². The number of halogens is 1. The van der Waals surface area contributed by atoms with Gasteiger partial charge in [0.15, 0.2) is 0 Å². The summed E-state index contributed by atoms with van der Waals surface area (Å²) in [6, 6.07) is 7.35. The predicted molar refractivity (Wildman–Crippen MR) is 64.2 cm³/mol. The lowest BCUT2D eigenvalue weighted by molar-refractivity contribution is 0.0154. The molecule has 0 bridgehead atoms. The van der Waals surface area contributed by atoms with Gasteiger partial charge < -0.3 is 15.6 Å². The summed E-state index contributed by atoms with van der Waals surface area (Å²) in [7, 11) is 0. The Morgan fingerprint density at radius 1 is 1.53 bits per heavy atom. The van der Waals surface area contributed by atoms with Gasteiger partial charge in [0.1, 0.15) is 12.2 Å². The molecule has 82 valence electrons. The number of nitrogens with two attached hydrogens (primary N) is 1. The van der Waals surface area contributed by atoms with Gasteiger partial charge in [0.25, 0.3) is 0 Å². The summed E-state index contributed by atoms with van der Waals surface area (Å²) >= 11 is 2.11. The number of carbonyl (C=O) groups is 1. The van der Waals surface area contributed by atoms with Crippen molar-refractivity contribution in [3.8, 4) is 0 Å². The molecule has 0 aliphatic carbocycles. The molecule has 1 aromatic rings. The highest BCUT2D eigenvalue weighted by Crippen LogP contribution is 2.23. The van der Waals surface area contributed by atoms with Crippen LogP contribution in [0.5, 0.6) is 0 Å². The third kappa shape index (κ3) is 3.35. The molecule has 0 saturated heterocycles. The van der Waals surface area contributed by atoms with Gasteiger partial charge in [0, 0.05) is 3.57 Å². The molecule has 0 spiro atoms. The SMILES string of the molecule is C[C@@H](OC(N)=O)[C@H](O)c1ccccc1I. The second-order valence-electron chi connectivity index (χ2n) is 3.11. The minimum atomic E-state index is -0.882. The average molecular weight is 321 g/mol. The van der Waals surface area contributed by atoms with Crippen LogP contribution in [0.3, 0.4) is 0 Å². The second kappa shape index (κ2) is 5.32. The summed E-state index contributed by atoms with van der Waals surface area (Å²) in [5.74, 6) is 0. The van der Waals surface area contributed by atoms with Crippen LogP contribution in [0.1, 0.15) is 18.6 Å². The molecule has 0 unspecified atom stereocenters. The van der Waals surface area contributed by atoms with Crippen LogP contribution in [0.25, 0.3) is 0 Å². The zero-order valence-corrected chi connectivity index (χ0v) is 10.3. The summed E-state index contributed by atoms with van der Waals surface area (Å²) in [4.78, 5) is 10.5. The molecular formula is C10H12INO3. The Morgan fingerprint density at radius 3 is 2.67 bits per heavy atom. The molecule has 0 aliphatic rings. The molecule has 15 heavy (non-hydrogen) atoms. The van der Waals surface area contributed by atoms with Crippen molar-refractivity contribution in [3.05, 3.63) is 33.4 Å². The number of hydrogen-bond donors (Lipinski definition) is 2. The number of ether oxygens (including phenoxy) is 1. The largest absolute Gasteiger partial charge is 0.444 e. The fourth-order valence-electron chi connectivity index (χ4n) is 1.22. The van der Waals surface area contributed by atoms with E-state index in [0.717, 1.165) is 9.13 Å². The molecule has 4 nitrogen and oxygen atoms in total. The standard InChI is InChI=1S/C10H12INO3/c1-6(15-10(12)14)9(13)7-4-2-3-5-8(7)11/h2-6,9,13H,1H3,(H2,12,14)/t6-,9+/m1/s1. The Morgan fingerprint density at radius 2 is 2.13 bits per heavy atom. The van der Waals surface area contributed by atoms with E-state index in [1.807, 2.05) is 18.2 Å². The van der Waals surface area contributed by atoms with Crippen molar-refractivity contribution in [3.63, 3.8) is 0 Å². The molecule has 1 aromatic carbocycles. The first kappa shape index (κ1) is 12.3. The number of aliphatic hydroxyl groups excluding tert-OH is 1. The van der Waals surface area contributed by atoms with Gasteiger partial charge in [-0.05, 0) is 41.1 Å². The zero-order chi connectivity index (χ0) is 11.4. The Labute approximate surface area is 102 Å². The summed E-state index contributed by atoms with van der Waals surface area (Å²) in [6.45, 7) is 1.60. The molecule has 0 aromatic heterocycles. The summed E-state index contributed by atoms with van der Waals surface area (Å²) in [5, 5.41) is 9.88. The van der Waals surface area contributed by atoms with Gasteiger partial charge in [-0.25, -0.2) is 4.79 Å². The van der Waals surface area contributed by atoms with Gasteiger partial charge in [-0.1, -0.05) is 18.2 Å². The Hall–Kier alpha value is -0.820. The van der Waals surface area contributed by atoms with E-state index in [9.17, 15) is 9.90 Å². The smallest absolute Gasteiger partial charge is 0.404 e. The third-order valence-corrected chi connectivity index (χ3v) is 2.95. The molecule has 1 rings (SSSR count). The number of aliphatic hydroxyl groups is 1. The van der Waals surface area contributed by atoms with Crippen LogP contribution in [-0.2, 0) is 4.74 Å². The Balaban J connectivity index is 2.80. The summed E-state index contributed by atoms with van der Waals surface area (Å²) in [6.07, 6.45) is -2.39. The molecule has 3 N–H and O–H groups in total. The maximum absolute atomic E-state index is 10.5. The topological polar surface area (TPSA) is 72.5 Å². The van der Waals surface area contributed by atoms with Crippen molar-refractivity contribution in [2.24, 2.45) is 5.73 Å². The molecule has 0 radical (unpaired) electrons. The maximum atomic E-state index is 10.5. The van der Waals surface area contributed by atoms with Crippen LogP contribution in [0, 0.1) is 3.57 Å². The molecule has 1 amide bonds. The fourth-order valence-corrected chi connectivity index (χ4v) is 1.92. The molecule has 0 heterocycles. The average Bonchev–Trinajstić information content (AvgIpc) is 2.16. The first-order valence-electron chi connectivity index (χ1n) is 4.41. The maximum Gasteiger partial charge on any atom is 0.404 e. The van der Waals surface area contributed by atoms with Gasteiger partial charge in [-0.3, -0.25) is 0 Å². The number of rotatable bonds is 3. The number of primary amides is 1. The normalized spacial score (nSPS) is 14.3. The molecule has 0 saturated carbocycles. The van der Waals surface area contributed by atoms with Crippen LogP contribution in [0.15, 0.2) is 24.3 Å². The Kier molecular flexibility index (Phi) is 4.34. The van der Waals surface area contributed by atoms with Gasteiger partial charge >= 0.3 is 6.09 Å². The van der Waals surface area contributed by atoms with E-state index in [0.29, 0.717) is 0 Å². The number of amides is 1. The van der Waals surface area contributed by atoms with E-state index in [-0.39, 0.29) is 0 Å². The van der Waals surface area contributed by atoms with Crippen molar-refractivity contribution in [2.45, 2.75) is 19.1 Å². The first-order chi connectivity index (χ1) is 7.02. The minimum absolute atomic E-state index is 0.654. The van der Waals surface area contributed by atoms with Gasteiger partial charge in [0.2, 0.25) is 0 Å². The monoisotopic (exact) mass is 321 g/mol. The molecule has 0 aliphatic heterocycles. The van der Waals surface area contributed by atoms with E-state index in [4.69, 9.17) is 10.5 Å². The van der Waals surface area contributed by atoms with Crippen molar-refractivity contribution in [1.82, 2.24) is 0 Å². The Bertz CT molecular complexity index is 356. The van der Waals surface area contributed by atoms with E-state index >= 15 is 0 Å². The van der Waals surface area contributed by atoms with E-state index in [1.54, 1.807) is 13.0 Å². The lowest BCUT2D eigenvalue weighted by atomic mass is 10.1. The summed E-state index contributed by atoms with van der Waals surface area (Å²) in [5.41, 5.74) is 5.60. The van der Waals surface area contributed by atoms with Gasteiger partial charge in [-0.2, -0.15) is 0 Å². The number of benzene rings is 1. The third-order valence-electron chi connectivity index (χ3n) is 1.97. The quantitative estimate of drug-likeness (QED) is 0.834. The highest BCUT2D eigenvalue weighted by Gasteiger charge is 2.20. The number of carbonyl (C=O) groups excluding carboxylic acids is 1. The van der Waals surface area contributed by atoms with Crippen LogP contribution in [-0.4, -0.2) is 17.3 Å². The summed E-state index contributed by atoms with van der Waals surface area (Å²) < 4.78 is 5.63. The van der Waals surface area contributed by atoms with E-state index in [2.05, 4.69) is 22.6 Å². The van der Waals surface area contributed by atoms with Crippen LogP contribution < -0.4 is 5.73 Å².